The van der Waals surface area contributed by atoms with E-state index in [0.29, 0.717) is 4.47 Å². The highest BCUT2D eigenvalue weighted by Gasteiger charge is 2.15. The van der Waals surface area contributed by atoms with Crippen LogP contribution < -0.4 is 6.15 Å². The van der Waals surface area contributed by atoms with Gasteiger partial charge in [-0.2, -0.15) is 0 Å². The van der Waals surface area contributed by atoms with Crippen LogP contribution in [-0.2, 0) is 9.05 Å². The van der Waals surface area contributed by atoms with Crippen LogP contribution in [0.2, 0.25) is 0 Å². The lowest BCUT2D eigenvalue weighted by Crippen LogP contribution is -2.00. The molecule has 0 saturated carbocycles. The summed E-state index contributed by atoms with van der Waals surface area (Å²) in [5, 5.41) is 8.69. The normalized spacial score (nSPS) is 10.5. The molecule has 5 nitrogen and oxygen atoms in total. The fourth-order valence-corrected chi connectivity index (χ4v) is 2.01. The standard InChI is InChI=1S/C7H4BrClO4S.H3N/c8-6-2-1-4(14(9,12)13)3-5(6)7(10)11;/h1-3H,(H,10,11);1H3. The molecule has 0 amide bonds. The van der Waals surface area contributed by atoms with Crippen LogP contribution in [0.3, 0.4) is 0 Å². The van der Waals surface area contributed by atoms with Crippen LogP contribution in [0, 0.1) is 0 Å². The summed E-state index contributed by atoms with van der Waals surface area (Å²) in [6, 6.07) is 3.53. The van der Waals surface area contributed by atoms with E-state index in [0.717, 1.165) is 6.07 Å². The van der Waals surface area contributed by atoms with Gasteiger partial charge >= 0.3 is 5.97 Å². The van der Waals surface area contributed by atoms with Crippen molar-refractivity contribution < 1.29 is 18.3 Å². The Balaban J connectivity index is 0.00000196. The summed E-state index contributed by atoms with van der Waals surface area (Å²) in [5.41, 5.74) is -0.147. The van der Waals surface area contributed by atoms with Gasteiger partial charge in [0.1, 0.15) is 0 Å². The molecule has 0 radical (unpaired) electrons. The molecule has 1 aromatic carbocycles. The highest BCUT2D eigenvalue weighted by molar-refractivity contribution is 9.10. The second-order valence-electron chi connectivity index (χ2n) is 2.38. The zero-order valence-electron chi connectivity index (χ0n) is 7.28. The topological polar surface area (TPSA) is 106 Å². The molecule has 1 aromatic rings. The Kier molecular flexibility index (Phi) is 4.72. The third-order valence-corrected chi connectivity index (χ3v) is 3.49. The lowest BCUT2D eigenvalue weighted by atomic mass is 10.2. The third-order valence-electron chi connectivity index (χ3n) is 1.45. The summed E-state index contributed by atoms with van der Waals surface area (Å²) in [6.45, 7) is 0. The van der Waals surface area contributed by atoms with Crippen molar-refractivity contribution in [1.29, 1.82) is 0 Å². The van der Waals surface area contributed by atoms with Crippen molar-refractivity contribution in [2.45, 2.75) is 4.90 Å². The molecular weight excluding hydrogens is 310 g/mol. The van der Waals surface area contributed by atoms with Crippen molar-refractivity contribution in [3.63, 3.8) is 0 Å². The maximum atomic E-state index is 10.9. The summed E-state index contributed by atoms with van der Waals surface area (Å²) < 4.78 is 22.1. The summed E-state index contributed by atoms with van der Waals surface area (Å²) in [6.07, 6.45) is 0. The monoisotopic (exact) mass is 315 g/mol. The van der Waals surface area contributed by atoms with E-state index in [4.69, 9.17) is 15.8 Å². The van der Waals surface area contributed by atoms with E-state index in [-0.39, 0.29) is 16.6 Å². The van der Waals surface area contributed by atoms with E-state index >= 15 is 0 Å². The fraction of sp³-hybridized carbons (Fsp3) is 0. The summed E-state index contributed by atoms with van der Waals surface area (Å²) in [5.74, 6) is -1.22. The number of aromatic carboxylic acids is 1. The van der Waals surface area contributed by atoms with Crippen LogP contribution in [0.25, 0.3) is 0 Å². The maximum Gasteiger partial charge on any atom is 0.336 e. The SMILES string of the molecule is N.O=C(O)c1cc(S(=O)(=O)Cl)ccc1Br. The van der Waals surface area contributed by atoms with Gasteiger partial charge in [-0.3, -0.25) is 0 Å². The predicted molar refractivity (Wildman–Crippen MR) is 59.2 cm³/mol. The number of halogens is 2. The Morgan fingerprint density at radius 2 is 1.93 bits per heavy atom. The van der Waals surface area contributed by atoms with Gasteiger partial charge in [0.05, 0.1) is 10.5 Å². The maximum absolute atomic E-state index is 10.9. The van der Waals surface area contributed by atoms with E-state index in [2.05, 4.69) is 15.9 Å². The largest absolute Gasteiger partial charge is 0.478 e. The lowest BCUT2D eigenvalue weighted by Gasteiger charge is -2.00. The molecule has 0 unspecified atom stereocenters. The summed E-state index contributed by atoms with van der Waals surface area (Å²) >= 11 is 2.98. The van der Waals surface area contributed by atoms with Crippen molar-refractivity contribution in [2.75, 3.05) is 0 Å². The molecule has 0 saturated heterocycles. The molecule has 0 bridgehead atoms. The molecule has 0 spiro atoms. The minimum absolute atomic E-state index is 0. The molecule has 0 aliphatic rings. The molecule has 84 valence electrons. The molecule has 15 heavy (non-hydrogen) atoms. The molecule has 1 rings (SSSR count). The summed E-state index contributed by atoms with van der Waals surface area (Å²) in [4.78, 5) is 10.4. The quantitative estimate of drug-likeness (QED) is 0.814. The van der Waals surface area contributed by atoms with Crippen molar-refractivity contribution in [1.82, 2.24) is 6.15 Å². The van der Waals surface area contributed by atoms with E-state index in [1.165, 1.54) is 12.1 Å². The molecule has 0 fully saturated rings. The molecule has 0 aromatic heterocycles. The fourth-order valence-electron chi connectivity index (χ4n) is 0.820. The van der Waals surface area contributed by atoms with Crippen molar-refractivity contribution >= 4 is 41.6 Å². The van der Waals surface area contributed by atoms with Crippen LogP contribution in [-0.4, -0.2) is 19.5 Å². The van der Waals surface area contributed by atoms with Gasteiger partial charge in [-0.1, -0.05) is 0 Å². The number of hydrogen-bond donors (Lipinski definition) is 2. The van der Waals surface area contributed by atoms with Crippen LogP contribution in [0.5, 0.6) is 0 Å². The van der Waals surface area contributed by atoms with Gasteiger partial charge in [0.25, 0.3) is 9.05 Å². The molecule has 0 atom stereocenters. The molecule has 0 heterocycles. The molecular formula is C7H7BrClNO4S. The van der Waals surface area contributed by atoms with E-state index in [1.807, 2.05) is 0 Å². The number of benzene rings is 1. The summed E-state index contributed by atoms with van der Waals surface area (Å²) in [7, 11) is 1.16. The first-order valence-corrected chi connectivity index (χ1v) is 6.40. The second-order valence-corrected chi connectivity index (χ2v) is 5.80. The van der Waals surface area contributed by atoms with E-state index in [9.17, 15) is 13.2 Å². The molecule has 4 N–H and O–H groups in total. The van der Waals surface area contributed by atoms with Crippen molar-refractivity contribution in [2.24, 2.45) is 0 Å². The third kappa shape index (κ3) is 3.45. The van der Waals surface area contributed by atoms with Gasteiger partial charge in [0.2, 0.25) is 0 Å². The van der Waals surface area contributed by atoms with Crippen LogP contribution in [0.1, 0.15) is 10.4 Å². The van der Waals surface area contributed by atoms with Gasteiger partial charge in [0, 0.05) is 15.2 Å². The average molecular weight is 317 g/mol. The number of carbonyl (C=O) groups is 1. The number of carboxylic acid groups (broad SMARTS) is 1. The Labute approximate surface area is 99.2 Å². The average Bonchev–Trinajstić information content (AvgIpc) is 2.02. The molecule has 8 heteroatoms. The smallest absolute Gasteiger partial charge is 0.336 e. The predicted octanol–water partition coefficient (Wildman–Crippen LogP) is 2.24. The Morgan fingerprint density at radius 3 is 2.33 bits per heavy atom. The van der Waals surface area contributed by atoms with Crippen LogP contribution in [0.15, 0.2) is 27.6 Å². The second kappa shape index (κ2) is 4.93. The lowest BCUT2D eigenvalue weighted by molar-refractivity contribution is 0.0695. The first-order chi connectivity index (χ1) is 6.32. The highest BCUT2D eigenvalue weighted by Crippen LogP contribution is 2.22. The number of hydrogen-bond acceptors (Lipinski definition) is 4. The minimum Gasteiger partial charge on any atom is -0.478 e. The van der Waals surface area contributed by atoms with Gasteiger partial charge in [-0.15, -0.1) is 0 Å². The Bertz CT molecular complexity index is 488. The highest BCUT2D eigenvalue weighted by atomic mass is 79.9. The Hall–Kier alpha value is -0.630. The van der Waals surface area contributed by atoms with Gasteiger partial charge in [0.15, 0.2) is 0 Å². The van der Waals surface area contributed by atoms with E-state index < -0.39 is 15.0 Å². The zero-order valence-corrected chi connectivity index (χ0v) is 10.4. The Morgan fingerprint density at radius 1 is 1.40 bits per heavy atom. The molecule has 0 aliphatic carbocycles. The number of carboxylic acids is 1. The van der Waals surface area contributed by atoms with Crippen LogP contribution in [0.4, 0.5) is 0 Å². The first-order valence-electron chi connectivity index (χ1n) is 3.30. The van der Waals surface area contributed by atoms with Gasteiger partial charge in [-0.25, -0.2) is 13.2 Å². The minimum atomic E-state index is -3.89. The first kappa shape index (κ1) is 14.4. The van der Waals surface area contributed by atoms with Gasteiger partial charge < -0.3 is 11.3 Å². The van der Waals surface area contributed by atoms with Crippen LogP contribution >= 0.6 is 26.6 Å². The molecule has 0 aliphatic heterocycles. The zero-order chi connectivity index (χ0) is 10.9. The van der Waals surface area contributed by atoms with Gasteiger partial charge in [-0.05, 0) is 34.1 Å². The number of rotatable bonds is 2. The van der Waals surface area contributed by atoms with Crippen molar-refractivity contribution in [3.05, 3.63) is 28.2 Å². The van der Waals surface area contributed by atoms with E-state index in [1.54, 1.807) is 0 Å². The van der Waals surface area contributed by atoms with Crippen molar-refractivity contribution in [3.8, 4) is 0 Å².